The molecule has 152 valence electrons. The van der Waals surface area contributed by atoms with Gasteiger partial charge in [0.1, 0.15) is 6.33 Å². The van der Waals surface area contributed by atoms with Gasteiger partial charge in [-0.25, -0.2) is 15.0 Å². The lowest BCUT2D eigenvalue weighted by atomic mass is 10.1. The maximum atomic E-state index is 11.5. The van der Waals surface area contributed by atoms with Crippen molar-refractivity contribution in [2.24, 2.45) is 0 Å². The highest BCUT2D eigenvalue weighted by Gasteiger charge is 2.22. The molecule has 1 fully saturated rings. The van der Waals surface area contributed by atoms with E-state index in [0.717, 1.165) is 35.9 Å². The first-order valence-corrected chi connectivity index (χ1v) is 9.78. The third-order valence-electron chi connectivity index (χ3n) is 4.77. The second-order valence-electron chi connectivity index (χ2n) is 6.75. The summed E-state index contributed by atoms with van der Waals surface area (Å²) in [6, 6.07) is 19.7. The maximum Gasteiger partial charge on any atom is 0.247 e. The molecule has 3 aromatic rings. The maximum absolute atomic E-state index is 11.5. The Hall–Kier alpha value is -3.55. The molecule has 1 amide bonds. The van der Waals surface area contributed by atoms with Gasteiger partial charge in [-0.05, 0) is 30.3 Å². The number of hydrogen-bond acceptors (Lipinski definition) is 6. The van der Waals surface area contributed by atoms with Crippen LogP contribution in [0.1, 0.15) is 0 Å². The highest BCUT2D eigenvalue weighted by Crippen LogP contribution is 2.29. The second-order valence-corrected chi connectivity index (χ2v) is 6.75. The van der Waals surface area contributed by atoms with E-state index in [1.807, 2.05) is 48.5 Å². The van der Waals surface area contributed by atoms with E-state index in [1.54, 1.807) is 6.33 Å². The Bertz CT molecular complexity index is 1000. The average Bonchev–Trinajstić information content (AvgIpc) is 2.81. The minimum Gasteiger partial charge on any atom is -0.379 e. The number of carbonyl (C=O) groups excluding carboxylic acids is 1. The van der Waals surface area contributed by atoms with Gasteiger partial charge in [0.15, 0.2) is 5.82 Å². The zero-order valence-corrected chi connectivity index (χ0v) is 16.6. The summed E-state index contributed by atoms with van der Waals surface area (Å²) >= 11 is 0. The summed E-state index contributed by atoms with van der Waals surface area (Å²) in [7, 11) is 0. The van der Waals surface area contributed by atoms with Gasteiger partial charge in [0.25, 0.3) is 0 Å². The monoisotopic (exact) mass is 401 g/mol. The van der Waals surface area contributed by atoms with Crippen molar-refractivity contribution in [3.63, 3.8) is 0 Å². The number of rotatable bonds is 6. The van der Waals surface area contributed by atoms with Crippen LogP contribution in [0.15, 0.2) is 79.6 Å². The van der Waals surface area contributed by atoms with E-state index in [9.17, 15) is 4.79 Å². The van der Waals surface area contributed by atoms with E-state index in [1.165, 1.54) is 6.08 Å². The van der Waals surface area contributed by atoms with Gasteiger partial charge in [0, 0.05) is 30.4 Å². The lowest BCUT2D eigenvalue weighted by molar-refractivity contribution is -0.111. The number of benzene rings is 2. The Morgan fingerprint density at radius 2 is 1.80 bits per heavy atom. The predicted molar refractivity (Wildman–Crippen MR) is 117 cm³/mol. The van der Waals surface area contributed by atoms with Gasteiger partial charge in [-0.15, -0.1) is 0 Å². The van der Waals surface area contributed by atoms with Crippen molar-refractivity contribution in [3.8, 4) is 11.3 Å². The average molecular weight is 401 g/mol. The van der Waals surface area contributed by atoms with E-state index < -0.39 is 0 Å². The first-order chi connectivity index (χ1) is 14.7. The predicted octanol–water partition coefficient (Wildman–Crippen LogP) is 3.65. The summed E-state index contributed by atoms with van der Waals surface area (Å²) in [5.74, 6) is 0.549. The van der Waals surface area contributed by atoms with Gasteiger partial charge in [-0.1, -0.05) is 36.9 Å². The Labute approximate surface area is 175 Å². The van der Waals surface area contributed by atoms with E-state index in [4.69, 9.17) is 4.74 Å². The summed E-state index contributed by atoms with van der Waals surface area (Å²) < 4.78 is 5.52. The van der Waals surface area contributed by atoms with Gasteiger partial charge < -0.3 is 10.1 Å². The van der Waals surface area contributed by atoms with Crippen molar-refractivity contribution >= 4 is 23.1 Å². The zero-order chi connectivity index (χ0) is 20.8. The van der Waals surface area contributed by atoms with E-state index in [0.29, 0.717) is 18.9 Å². The fourth-order valence-corrected chi connectivity index (χ4v) is 3.30. The molecule has 1 aromatic heterocycles. The quantitative estimate of drug-likeness (QED) is 0.636. The fourth-order valence-electron chi connectivity index (χ4n) is 3.30. The number of nitrogens with one attached hydrogen (secondary N) is 1. The Morgan fingerprint density at radius 3 is 2.50 bits per heavy atom. The van der Waals surface area contributed by atoms with E-state index in [2.05, 4.69) is 44.0 Å². The minimum absolute atomic E-state index is 0.240. The largest absolute Gasteiger partial charge is 0.379 e. The molecular formula is C23H23N5O2. The SMILES string of the molecule is C=CC(=O)Nc1ccc(-c2cc(N(c3ccccc3)N3CCOCC3)ncn2)cc1. The molecule has 4 rings (SSSR count). The minimum atomic E-state index is -0.240. The summed E-state index contributed by atoms with van der Waals surface area (Å²) in [6.07, 6.45) is 2.82. The molecule has 7 heteroatoms. The van der Waals surface area contributed by atoms with Crippen LogP contribution in [0.3, 0.4) is 0 Å². The molecule has 1 saturated heterocycles. The highest BCUT2D eigenvalue weighted by atomic mass is 16.5. The molecule has 0 radical (unpaired) electrons. The number of amides is 1. The lowest BCUT2D eigenvalue weighted by Gasteiger charge is -2.38. The van der Waals surface area contributed by atoms with Crippen molar-refractivity contribution in [2.75, 3.05) is 36.6 Å². The van der Waals surface area contributed by atoms with E-state index >= 15 is 0 Å². The molecule has 0 aliphatic carbocycles. The van der Waals surface area contributed by atoms with Gasteiger partial charge >= 0.3 is 0 Å². The van der Waals surface area contributed by atoms with Crippen LogP contribution in [-0.2, 0) is 9.53 Å². The summed E-state index contributed by atoms with van der Waals surface area (Å²) in [6.45, 7) is 6.39. The molecule has 1 aliphatic rings. The first-order valence-electron chi connectivity index (χ1n) is 9.78. The van der Waals surface area contributed by atoms with Gasteiger partial charge in [0.05, 0.1) is 24.6 Å². The second kappa shape index (κ2) is 9.30. The van der Waals surface area contributed by atoms with E-state index in [-0.39, 0.29) is 5.91 Å². The molecule has 1 aliphatic heterocycles. The first kappa shape index (κ1) is 19.8. The molecular weight excluding hydrogens is 378 g/mol. The normalized spacial score (nSPS) is 14.1. The number of para-hydroxylation sites is 1. The van der Waals surface area contributed by atoms with Crippen LogP contribution in [-0.4, -0.2) is 47.2 Å². The Morgan fingerprint density at radius 1 is 1.07 bits per heavy atom. The van der Waals surface area contributed by atoms with Crippen LogP contribution in [0, 0.1) is 0 Å². The van der Waals surface area contributed by atoms with Gasteiger partial charge in [-0.3, -0.25) is 9.80 Å². The zero-order valence-electron chi connectivity index (χ0n) is 16.6. The topological polar surface area (TPSA) is 70.6 Å². The molecule has 0 bridgehead atoms. The van der Waals surface area contributed by atoms with Crippen LogP contribution in [0.2, 0.25) is 0 Å². The third kappa shape index (κ3) is 4.53. The van der Waals surface area contributed by atoms with Crippen LogP contribution in [0.25, 0.3) is 11.3 Å². The highest BCUT2D eigenvalue weighted by molar-refractivity contribution is 5.98. The molecule has 30 heavy (non-hydrogen) atoms. The number of hydrazine groups is 1. The van der Waals surface area contributed by atoms with Crippen LogP contribution in [0.5, 0.6) is 0 Å². The van der Waals surface area contributed by atoms with Crippen molar-refractivity contribution in [1.82, 2.24) is 15.0 Å². The smallest absolute Gasteiger partial charge is 0.247 e. The molecule has 1 N–H and O–H groups in total. The lowest BCUT2D eigenvalue weighted by Crippen LogP contribution is -2.46. The van der Waals surface area contributed by atoms with Gasteiger partial charge in [0.2, 0.25) is 5.91 Å². The molecule has 0 spiro atoms. The summed E-state index contributed by atoms with van der Waals surface area (Å²) in [4.78, 5) is 20.5. The number of aromatic nitrogens is 2. The number of morpholine rings is 1. The number of carbonyl (C=O) groups is 1. The summed E-state index contributed by atoms with van der Waals surface area (Å²) in [5, 5.41) is 7.10. The van der Waals surface area contributed by atoms with Crippen molar-refractivity contribution in [2.45, 2.75) is 0 Å². The van der Waals surface area contributed by atoms with Gasteiger partial charge in [-0.2, -0.15) is 0 Å². The van der Waals surface area contributed by atoms with Crippen molar-refractivity contribution in [1.29, 1.82) is 0 Å². The summed E-state index contributed by atoms with van der Waals surface area (Å²) in [5.41, 5.74) is 3.48. The number of ether oxygens (including phenoxy) is 1. The fraction of sp³-hybridized carbons (Fsp3) is 0.174. The molecule has 2 heterocycles. The number of hydrogen-bond donors (Lipinski definition) is 1. The Balaban J connectivity index is 1.64. The number of nitrogens with zero attached hydrogens (tertiary/aromatic N) is 4. The molecule has 7 nitrogen and oxygen atoms in total. The van der Waals surface area contributed by atoms with Crippen LogP contribution in [0.4, 0.5) is 17.2 Å². The molecule has 0 saturated carbocycles. The molecule has 2 aromatic carbocycles. The molecule has 0 atom stereocenters. The Kier molecular flexibility index (Phi) is 6.12. The molecule has 0 unspecified atom stereocenters. The third-order valence-corrected chi connectivity index (χ3v) is 4.77. The number of anilines is 3. The van der Waals surface area contributed by atoms with Crippen molar-refractivity contribution in [3.05, 3.63) is 79.6 Å². The van der Waals surface area contributed by atoms with Crippen LogP contribution >= 0.6 is 0 Å². The van der Waals surface area contributed by atoms with Crippen LogP contribution < -0.4 is 10.3 Å². The van der Waals surface area contributed by atoms with Crippen molar-refractivity contribution < 1.29 is 9.53 Å². The standard InChI is InChI=1S/C23H23N5O2/c1-2-23(29)26-19-10-8-18(9-11-19)21-16-22(25-17-24-21)28(20-6-4-3-5-7-20)27-12-14-30-15-13-27/h2-11,16-17H,1,12-15H2,(H,26,29).